The van der Waals surface area contributed by atoms with Crippen LogP contribution in [-0.4, -0.2) is 13.1 Å². The molecule has 1 N–H and O–H groups in total. The highest BCUT2D eigenvalue weighted by molar-refractivity contribution is 5.44. The highest BCUT2D eigenvalue weighted by atomic mass is 15.5. The Balaban J connectivity index is 2.58. The summed E-state index contributed by atoms with van der Waals surface area (Å²) in [6.45, 7) is 6.39. The number of hydrogen-bond donors (Lipinski definition) is 1. The lowest BCUT2D eigenvalue weighted by atomic mass is 10.3. The van der Waals surface area contributed by atoms with Gasteiger partial charge >= 0.3 is 0 Å². The monoisotopic (exact) mass is 192 g/mol. The van der Waals surface area contributed by atoms with Crippen molar-refractivity contribution in [1.29, 1.82) is 0 Å². The Labute approximate surface area is 86.9 Å². The number of benzene rings is 1. The van der Waals surface area contributed by atoms with Gasteiger partial charge in [-0.15, -0.1) is 0 Å². The highest BCUT2D eigenvalue weighted by Crippen LogP contribution is 2.11. The summed E-state index contributed by atoms with van der Waals surface area (Å²) >= 11 is 0. The molecule has 2 heteroatoms. The lowest BCUT2D eigenvalue weighted by Gasteiger charge is -2.24. The van der Waals surface area contributed by atoms with Crippen LogP contribution in [0.15, 0.2) is 30.3 Å². The molecule has 1 rings (SSSR count). The molecule has 0 aliphatic heterocycles. The third kappa shape index (κ3) is 3.38. The molecule has 14 heavy (non-hydrogen) atoms. The maximum absolute atomic E-state index is 3.37. The summed E-state index contributed by atoms with van der Waals surface area (Å²) in [6, 6.07) is 10.5. The van der Waals surface area contributed by atoms with E-state index < -0.39 is 0 Å². The second-order valence-electron chi connectivity index (χ2n) is 3.35. The highest BCUT2D eigenvalue weighted by Gasteiger charge is 2.02. The molecule has 0 amide bonds. The molecule has 0 radical (unpaired) electrons. The molecule has 0 fully saturated rings. The molecule has 1 aromatic rings. The van der Waals surface area contributed by atoms with Crippen molar-refractivity contribution >= 4 is 5.69 Å². The molecular weight excluding hydrogens is 172 g/mol. The van der Waals surface area contributed by atoms with E-state index in [9.17, 15) is 0 Å². The first-order valence-corrected chi connectivity index (χ1v) is 5.44. The number of anilines is 1. The van der Waals surface area contributed by atoms with E-state index in [0.29, 0.717) is 0 Å². The van der Waals surface area contributed by atoms with E-state index in [-0.39, 0.29) is 0 Å². The molecule has 0 aliphatic rings. The van der Waals surface area contributed by atoms with Gasteiger partial charge in [0.25, 0.3) is 0 Å². The van der Waals surface area contributed by atoms with Crippen molar-refractivity contribution in [3.05, 3.63) is 30.3 Å². The minimum absolute atomic E-state index is 0.971. The van der Waals surface area contributed by atoms with Gasteiger partial charge in [-0.25, -0.2) is 5.43 Å². The zero-order chi connectivity index (χ0) is 10.2. The van der Waals surface area contributed by atoms with Crippen LogP contribution in [0.2, 0.25) is 0 Å². The first-order valence-electron chi connectivity index (χ1n) is 5.44. The van der Waals surface area contributed by atoms with Crippen molar-refractivity contribution in [2.75, 3.05) is 18.1 Å². The fourth-order valence-corrected chi connectivity index (χ4v) is 1.41. The molecule has 2 nitrogen and oxygen atoms in total. The SMILES string of the molecule is CCCCN(NCC)c1ccccc1. The van der Waals surface area contributed by atoms with Crippen molar-refractivity contribution in [3.8, 4) is 0 Å². The fraction of sp³-hybridized carbons (Fsp3) is 0.500. The Hall–Kier alpha value is -1.02. The van der Waals surface area contributed by atoms with Gasteiger partial charge in [0, 0.05) is 13.1 Å². The number of hydrazine groups is 1. The molecule has 0 aliphatic carbocycles. The van der Waals surface area contributed by atoms with Gasteiger partial charge < -0.3 is 5.01 Å². The van der Waals surface area contributed by atoms with Crippen molar-refractivity contribution in [2.24, 2.45) is 0 Å². The largest absolute Gasteiger partial charge is 0.308 e. The predicted molar refractivity (Wildman–Crippen MR) is 62.4 cm³/mol. The van der Waals surface area contributed by atoms with Crippen LogP contribution in [0.1, 0.15) is 26.7 Å². The second kappa shape index (κ2) is 6.44. The van der Waals surface area contributed by atoms with Crippen LogP contribution >= 0.6 is 0 Å². The van der Waals surface area contributed by atoms with Crippen molar-refractivity contribution in [2.45, 2.75) is 26.7 Å². The minimum atomic E-state index is 0.971. The second-order valence-corrected chi connectivity index (χ2v) is 3.35. The van der Waals surface area contributed by atoms with Gasteiger partial charge in [0.05, 0.1) is 5.69 Å². The molecule has 0 aromatic heterocycles. The first-order chi connectivity index (χ1) is 6.88. The average molecular weight is 192 g/mol. The summed E-state index contributed by atoms with van der Waals surface area (Å²) in [6.07, 6.45) is 2.45. The normalized spacial score (nSPS) is 10.1. The summed E-state index contributed by atoms with van der Waals surface area (Å²) in [5.74, 6) is 0. The van der Waals surface area contributed by atoms with Gasteiger partial charge in [-0.3, -0.25) is 0 Å². The number of nitrogens with zero attached hydrogens (tertiary/aromatic N) is 1. The molecule has 0 spiro atoms. The van der Waals surface area contributed by atoms with E-state index in [0.717, 1.165) is 13.1 Å². The Bertz CT molecular complexity index is 233. The Morgan fingerprint density at radius 3 is 2.43 bits per heavy atom. The molecule has 0 heterocycles. The maximum atomic E-state index is 3.37. The van der Waals surface area contributed by atoms with Gasteiger partial charge in [-0.1, -0.05) is 38.5 Å². The van der Waals surface area contributed by atoms with Gasteiger partial charge in [-0.05, 0) is 18.6 Å². The van der Waals surface area contributed by atoms with E-state index in [4.69, 9.17) is 0 Å². The Morgan fingerprint density at radius 1 is 1.14 bits per heavy atom. The lowest BCUT2D eigenvalue weighted by molar-refractivity contribution is 0.617. The van der Waals surface area contributed by atoms with E-state index >= 15 is 0 Å². The van der Waals surface area contributed by atoms with Gasteiger partial charge in [0.15, 0.2) is 0 Å². The number of para-hydroxylation sites is 1. The third-order valence-corrected chi connectivity index (χ3v) is 2.15. The third-order valence-electron chi connectivity index (χ3n) is 2.15. The zero-order valence-corrected chi connectivity index (χ0v) is 9.16. The summed E-state index contributed by atoms with van der Waals surface area (Å²) in [7, 11) is 0. The molecule has 78 valence electrons. The standard InChI is InChI=1S/C12H20N2/c1-3-5-11-14(13-4-2)12-9-7-6-8-10-12/h6-10,13H,3-5,11H2,1-2H3. The minimum Gasteiger partial charge on any atom is -0.308 e. The molecule has 0 saturated heterocycles. The molecule has 1 aromatic carbocycles. The van der Waals surface area contributed by atoms with Gasteiger partial charge in [-0.2, -0.15) is 0 Å². The topological polar surface area (TPSA) is 15.3 Å². The quantitative estimate of drug-likeness (QED) is 0.697. The van der Waals surface area contributed by atoms with Crippen LogP contribution < -0.4 is 10.4 Å². The van der Waals surface area contributed by atoms with E-state index in [1.165, 1.54) is 18.5 Å². The van der Waals surface area contributed by atoms with Gasteiger partial charge in [0.2, 0.25) is 0 Å². The van der Waals surface area contributed by atoms with E-state index in [2.05, 4.69) is 48.5 Å². The average Bonchev–Trinajstić information content (AvgIpc) is 2.25. The van der Waals surface area contributed by atoms with Crippen molar-refractivity contribution < 1.29 is 0 Å². The molecular formula is C12H20N2. The fourth-order valence-electron chi connectivity index (χ4n) is 1.41. The van der Waals surface area contributed by atoms with Crippen LogP contribution in [0.3, 0.4) is 0 Å². The van der Waals surface area contributed by atoms with Crippen molar-refractivity contribution in [3.63, 3.8) is 0 Å². The van der Waals surface area contributed by atoms with Crippen LogP contribution in [0.5, 0.6) is 0 Å². The Kier molecular flexibility index (Phi) is 5.08. The summed E-state index contributed by atoms with van der Waals surface area (Å²) in [5.41, 5.74) is 4.62. The lowest BCUT2D eigenvalue weighted by Crippen LogP contribution is -2.38. The number of rotatable bonds is 6. The number of hydrogen-bond acceptors (Lipinski definition) is 2. The van der Waals surface area contributed by atoms with Crippen LogP contribution in [0.25, 0.3) is 0 Å². The Morgan fingerprint density at radius 2 is 1.86 bits per heavy atom. The van der Waals surface area contributed by atoms with Crippen LogP contribution in [0.4, 0.5) is 5.69 Å². The summed E-state index contributed by atoms with van der Waals surface area (Å²) in [4.78, 5) is 0. The van der Waals surface area contributed by atoms with Crippen LogP contribution in [0, 0.1) is 0 Å². The summed E-state index contributed by atoms with van der Waals surface area (Å²) in [5, 5.41) is 2.23. The zero-order valence-electron chi connectivity index (χ0n) is 9.16. The smallest absolute Gasteiger partial charge is 0.0519 e. The molecule has 0 atom stereocenters. The van der Waals surface area contributed by atoms with Crippen molar-refractivity contribution in [1.82, 2.24) is 5.43 Å². The molecule has 0 saturated carbocycles. The number of nitrogens with one attached hydrogen (secondary N) is 1. The number of unbranched alkanes of at least 4 members (excludes halogenated alkanes) is 1. The summed E-state index contributed by atoms with van der Waals surface area (Å²) < 4.78 is 0. The molecule has 0 bridgehead atoms. The van der Waals surface area contributed by atoms with Gasteiger partial charge in [0.1, 0.15) is 0 Å². The van der Waals surface area contributed by atoms with Crippen LogP contribution in [-0.2, 0) is 0 Å². The van der Waals surface area contributed by atoms with E-state index in [1.807, 2.05) is 6.07 Å². The van der Waals surface area contributed by atoms with E-state index in [1.54, 1.807) is 0 Å². The maximum Gasteiger partial charge on any atom is 0.0519 e. The first kappa shape index (κ1) is 11.1. The predicted octanol–water partition coefficient (Wildman–Crippen LogP) is 2.82. The molecule has 0 unspecified atom stereocenters.